The van der Waals surface area contributed by atoms with E-state index in [9.17, 15) is 9.90 Å². The number of rotatable bonds is 4. The minimum atomic E-state index is -0.647. The van der Waals surface area contributed by atoms with Gasteiger partial charge in [-0.15, -0.1) is 0 Å². The van der Waals surface area contributed by atoms with Crippen molar-refractivity contribution < 1.29 is 14.6 Å². The first-order chi connectivity index (χ1) is 14.4. The molecular weight excluding hydrogens is 398 g/mol. The number of methoxy groups -OCH3 is 1. The van der Waals surface area contributed by atoms with Crippen LogP contribution in [0.3, 0.4) is 0 Å². The predicted molar refractivity (Wildman–Crippen MR) is 121 cm³/mol. The van der Waals surface area contributed by atoms with Gasteiger partial charge < -0.3 is 15.2 Å². The van der Waals surface area contributed by atoms with Crippen molar-refractivity contribution in [1.29, 1.82) is 0 Å². The standard InChI is InChI=1S/C25H28ClNO3/c1-15-4-9-20(18-5-7-19(26)8-6-18)16(2)21(15)22-23(28)25(27-24(22)29)12-10-17(11-13-25)14-30-3/h4-9,17,28H,10-14H2,1-3H3,(H,27,29). The molecule has 0 saturated heterocycles. The average Bonchev–Trinajstić information content (AvgIpc) is 2.95. The van der Waals surface area contributed by atoms with Gasteiger partial charge in [0.15, 0.2) is 0 Å². The second-order valence-corrected chi connectivity index (χ2v) is 9.03. The van der Waals surface area contributed by atoms with Gasteiger partial charge in [0.2, 0.25) is 0 Å². The first-order valence-corrected chi connectivity index (χ1v) is 10.9. The van der Waals surface area contributed by atoms with Crippen molar-refractivity contribution in [3.63, 3.8) is 0 Å². The van der Waals surface area contributed by atoms with E-state index in [1.54, 1.807) is 7.11 Å². The molecule has 158 valence electrons. The second-order valence-electron chi connectivity index (χ2n) is 8.60. The molecule has 1 spiro atoms. The van der Waals surface area contributed by atoms with Crippen LogP contribution in [0.15, 0.2) is 42.2 Å². The van der Waals surface area contributed by atoms with Gasteiger partial charge in [-0.3, -0.25) is 4.79 Å². The number of aliphatic hydroxyl groups is 1. The number of amides is 1. The highest BCUT2D eigenvalue weighted by Gasteiger charge is 2.48. The number of nitrogens with one attached hydrogen (secondary N) is 1. The molecule has 0 atom stereocenters. The maximum Gasteiger partial charge on any atom is 0.256 e. The van der Waals surface area contributed by atoms with E-state index in [0.717, 1.165) is 60.1 Å². The van der Waals surface area contributed by atoms with E-state index in [0.29, 0.717) is 16.5 Å². The Morgan fingerprint density at radius 3 is 2.43 bits per heavy atom. The lowest BCUT2D eigenvalue weighted by molar-refractivity contribution is -0.116. The van der Waals surface area contributed by atoms with Crippen molar-refractivity contribution >= 4 is 23.1 Å². The van der Waals surface area contributed by atoms with Crippen molar-refractivity contribution in [2.24, 2.45) is 5.92 Å². The molecule has 1 heterocycles. The van der Waals surface area contributed by atoms with Crippen molar-refractivity contribution in [3.05, 3.63) is 63.9 Å². The Bertz CT molecular complexity index is 1000. The SMILES string of the molecule is COCC1CCC2(CC1)NC(=O)C(c1c(C)ccc(-c3ccc(Cl)cc3)c1C)=C2O. The highest BCUT2D eigenvalue weighted by Crippen LogP contribution is 2.45. The smallest absolute Gasteiger partial charge is 0.256 e. The molecule has 0 radical (unpaired) electrons. The lowest BCUT2D eigenvalue weighted by atomic mass is 9.75. The normalized spacial score (nSPS) is 23.9. The monoisotopic (exact) mass is 425 g/mol. The van der Waals surface area contributed by atoms with Crippen LogP contribution < -0.4 is 5.32 Å². The largest absolute Gasteiger partial charge is 0.509 e. The number of aliphatic hydroxyl groups excluding tert-OH is 1. The van der Waals surface area contributed by atoms with Crippen LogP contribution in [0.4, 0.5) is 0 Å². The van der Waals surface area contributed by atoms with E-state index in [2.05, 4.69) is 11.4 Å². The minimum absolute atomic E-state index is 0.183. The van der Waals surface area contributed by atoms with E-state index in [1.165, 1.54) is 0 Å². The Morgan fingerprint density at radius 1 is 1.13 bits per heavy atom. The maximum atomic E-state index is 13.1. The summed E-state index contributed by atoms with van der Waals surface area (Å²) in [7, 11) is 1.72. The Kier molecular flexibility index (Phi) is 5.65. The summed E-state index contributed by atoms with van der Waals surface area (Å²) in [6.07, 6.45) is 3.32. The van der Waals surface area contributed by atoms with E-state index in [4.69, 9.17) is 16.3 Å². The van der Waals surface area contributed by atoms with Crippen LogP contribution in [0.5, 0.6) is 0 Å². The van der Waals surface area contributed by atoms with Crippen LogP contribution in [-0.2, 0) is 9.53 Å². The van der Waals surface area contributed by atoms with E-state index in [1.807, 2.05) is 44.2 Å². The van der Waals surface area contributed by atoms with Gasteiger partial charge in [-0.1, -0.05) is 35.9 Å². The van der Waals surface area contributed by atoms with E-state index >= 15 is 0 Å². The fourth-order valence-electron chi connectivity index (χ4n) is 5.03. The van der Waals surface area contributed by atoms with Gasteiger partial charge in [0.25, 0.3) is 5.91 Å². The summed E-state index contributed by atoms with van der Waals surface area (Å²) >= 11 is 6.05. The Morgan fingerprint density at radius 2 is 1.80 bits per heavy atom. The number of carbonyl (C=O) groups excluding carboxylic acids is 1. The van der Waals surface area contributed by atoms with Gasteiger partial charge in [-0.2, -0.15) is 0 Å². The molecule has 1 saturated carbocycles. The Balaban J connectivity index is 1.76. The summed E-state index contributed by atoms with van der Waals surface area (Å²) in [4.78, 5) is 13.1. The van der Waals surface area contributed by atoms with Crippen molar-refractivity contribution in [3.8, 4) is 11.1 Å². The number of halogens is 1. The number of carbonyl (C=O) groups is 1. The van der Waals surface area contributed by atoms with E-state index < -0.39 is 5.54 Å². The predicted octanol–water partition coefficient (Wildman–Crippen LogP) is 5.60. The first kappa shape index (κ1) is 21.0. The molecule has 5 heteroatoms. The topological polar surface area (TPSA) is 58.6 Å². The van der Waals surface area contributed by atoms with Crippen LogP contribution >= 0.6 is 11.6 Å². The fraction of sp³-hybridized carbons (Fsp3) is 0.400. The van der Waals surface area contributed by atoms with Gasteiger partial charge in [0.05, 0.1) is 11.1 Å². The lowest BCUT2D eigenvalue weighted by Gasteiger charge is -2.37. The summed E-state index contributed by atoms with van der Waals surface area (Å²) in [6, 6.07) is 11.8. The molecule has 2 aromatic carbocycles. The third kappa shape index (κ3) is 3.52. The highest BCUT2D eigenvalue weighted by atomic mass is 35.5. The molecule has 4 nitrogen and oxygen atoms in total. The third-order valence-corrected chi connectivity index (χ3v) is 6.96. The Hall–Kier alpha value is -2.30. The molecule has 0 bridgehead atoms. The average molecular weight is 426 g/mol. The zero-order valence-electron chi connectivity index (χ0n) is 17.7. The van der Waals surface area contributed by atoms with Gasteiger partial charge in [0.1, 0.15) is 5.76 Å². The molecule has 1 amide bonds. The first-order valence-electron chi connectivity index (χ1n) is 10.5. The summed E-state index contributed by atoms with van der Waals surface area (Å²) in [5.41, 5.74) is 4.63. The maximum absolute atomic E-state index is 13.1. The van der Waals surface area contributed by atoms with Crippen molar-refractivity contribution in [2.75, 3.05) is 13.7 Å². The molecular formula is C25H28ClNO3. The van der Waals surface area contributed by atoms with Gasteiger partial charge in [0, 0.05) is 18.7 Å². The molecule has 2 aromatic rings. The van der Waals surface area contributed by atoms with Gasteiger partial charge in [-0.05, 0) is 85.4 Å². The van der Waals surface area contributed by atoms with Gasteiger partial charge >= 0.3 is 0 Å². The molecule has 1 aliphatic heterocycles. The van der Waals surface area contributed by atoms with Crippen LogP contribution in [0, 0.1) is 19.8 Å². The van der Waals surface area contributed by atoms with Crippen molar-refractivity contribution in [2.45, 2.75) is 45.1 Å². The molecule has 4 rings (SSSR count). The summed E-state index contributed by atoms with van der Waals surface area (Å²) < 4.78 is 5.29. The number of hydrogen-bond donors (Lipinski definition) is 2. The number of aryl methyl sites for hydroxylation is 1. The quantitative estimate of drug-likeness (QED) is 0.670. The number of benzene rings is 2. The van der Waals surface area contributed by atoms with E-state index in [-0.39, 0.29) is 11.7 Å². The molecule has 0 unspecified atom stereocenters. The minimum Gasteiger partial charge on any atom is -0.509 e. The van der Waals surface area contributed by atoms with Gasteiger partial charge in [-0.25, -0.2) is 0 Å². The highest BCUT2D eigenvalue weighted by molar-refractivity contribution is 6.30. The zero-order chi connectivity index (χ0) is 21.5. The lowest BCUT2D eigenvalue weighted by Crippen LogP contribution is -2.47. The molecule has 30 heavy (non-hydrogen) atoms. The van der Waals surface area contributed by atoms with Crippen molar-refractivity contribution in [1.82, 2.24) is 5.32 Å². The summed E-state index contributed by atoms with van der Waals surface area (Å²) in [5.74, 6) is 0.492. The fourth-order valence-corrected chi connectivity index (χ4v) is 5.15. The van der Waals surface area contributed by atoms with Crippen LogP contribution in [0.2, 0.25) is 5.02 Å². The molecule has 2 aliphatic rings. The molecule has 1 fully saturated rings. The van der Waals surface area contributed by atoms with Crippen LogP contribution in [-0.4, -0.2) is 30.3 Å². The third-order valence-electron chi connectivity index (χ3n) is 6.71. The van der Waals surface area contributed by atoms with Crippen LogP contribution in [0.25, 0.3) is 16.7 Å². The number of hydrogen-bond acceptors (Lipinski definition) is 3. The second kappa shape index (κ2) is 8.09. The van der Waals surface area contributed by atoms with Crippen LogP contribution in [0.1, 0.15) is 42.4 Å². The molecule has 1 aliphatic carbocycles. The number of ether oxygens (including phenoxy) is 1. The summed E-state index contributed by atoms with van der Waals surface area (Å²) in [6.45, 7) is 4.73. The molecule has 0 aromatic heterocycles. The Labute approximate surface area is 182 Å². The summed E-state index contributed by atoms with van der Waals surface area (Å²) in [5, 5.41) is 15.1. The molecule has 2 N–H and O–H groups in total. The zero-order valence-corrected chi connectivity index (χ0v) is 18.5.